The number of benzene rings is 1. The fourth-order valence-electron chi connectivity index (χ4n) is 2.39. The minimum absolute atomic E-state index is 0.0915. The number of amides is 1. The highest BCUT2D eigenvalue weighted by Gasteiger charge is 2.14. The van der Waals surface area contributed by atoms with Crippen molar-refractivity contribution in [2.24, 2.45) is 11.7 Å². The summed E-state index contributed by atoms with van der Waals surface area (Å²) in [7, 11) is 0. The lowest BCUT2D eigenvalue weighted by Crippen LogP contribution is -2.41. The number of hydrogen-bond acceptors (Lipinski definition) is 3. The van der Waals surface area contributed by atoms with Gasteiger partial charge < -0.3 is 15.6 Å². The summed E-state index contributed by atoms with van der Waals surface area (Å²) < 4.78 is 2.01. The first-order valence-electron chi connectivity index (χ1n) is 7.62. The molecule has 5 heteroatoms. The molecule has 1 aromatic carbocycles. The molecule has 0 radical (unpaired) electrons. The molecule has 0 aliphatic heterocycles. The van der Waals surface area contributed by atoms with Gasteiger partial charge in [-0.1, -0.05) is 38.1 Å². The number of hydrogen-bond donors (Lipinski definition) is 2. The maximum atomic E-state index is 12.0. The van der Waals surface area contributed by atoms with Crippen molar-refractivity contribution in [2.45, 2.75) is 39.4 Å². The van der Waals surface area contributed by atoms with Crippen LogP contribution in [0.15, 0.2) is 43.0 Å². The summed E-state index contributed by atoms with van der Waals surface area (Å²) in [5.74, 6) is 0.320. The van der Waals surface area contributed by atoms with E-state index in [0.29, 0.717) is 18.9 Å². The molecular weight excluding hydrogens is 276 g/mol. The number of nitrogens with zero attached hydrogens (tertiary/aromatic N) is 2. The molecule has 118 valence electrons. The molecule has 0 aliphatic rings. The summed E-state index contributed by atoms with van der Waals surface area (Å²) in [5, 5.41) is 2.94. The van der Waals surface area contributed by atoms with E-state index in [-0.39, 0.29) is 5.91 Å². The van der Waals surface area contributed by atoms with Gasteiger partial charge in [0.1, 0.15) is 0 Å². The van der Waals surface area contributed by atoms with Crippen molar-refractivity contribution in [3.8, 4) is 0 Å². The molecule has 22 heavy (non-hydrogen) atoms. The molecule has 2 aromatic rings. The van der Waals surface area contributed by atoms with Gasteiger partial charge in [0.25, 0.3) is 0 Å². The predicted octanol–water partition coefficient (Wildman–Crippen LogP) is 1.92. The number of carbonyl (C=O) groups is 1. The van der Waals surface area contributed by atoms with Gasteiger partial charge in [-0.25, -0.2) is 4.98 Å². The maximum Gasteiger partial charge on any atom is 0.237 e. The van der Waals surface area contributed by atoms with E-state index < -0.39 is 6.04 Å². The van der Waals surface area contributed by atoms with E-state index in [1.807, 2.05) is 29.0 Å². The van der Waals surface area contributed by atoms with Crippen LogP contribution >= 0.6 is 0 Å². The van der Waals surface area contributed by atoms with Crippen LogP contribution in [-0.2, 0) is 17.9 Å². The summed E-state index contributed by atoms with van der Waals surface area (Å²) in [5.41, 5.74) is 8.17. The van der Waals surface area contributed by atoms with Gasteiger partial charge in [-0.15, -0.1) is 0 Å². The smallest absolute Gasteiger partial charge is 0.237 e. The molecule has 0 unspecified atom stereocenters. The Morgan fingerprint density at radius 1 is 1.32 bits per heavy atom. The van der Waals surface area contributed by atoms with Crippen LogP contribution in [0.4, 0.5) is 0 Å². The molecule has 3 N–H and O–H groups in total. The van der Waals surface area contributed by atoms with Crippen LogP contribution in [-0.4, -0.2) is 21.5 Å². The van der Waals surface area contributed by atoms with Crippen molar-refractivity contribution < 1.29 is 4.79 Å². The van der Waals surface area contributed by atoms with Crippen LogP contribution in [0.25, 0.3) is 0 Å². The molecule has 5 nitrogen and oxygen atoms in total. The second-order valence-corrected chi connectivity index (χ2v) is 5.96. The van der Waals surface area contributed by atoms with Crippen molar-refractivity contribution in [1.29, 1.82) is 0 Å². The summed E-state index contributed by atoms with van der Waals surface area (Å²) in [6.45, 7) is 5.36. The van der Waals surface area contributed by atoms with E-state index >= 15 is 0 Å². The third-order valence-corrected chi connectivity index (χ3v) is 3.55. The number of carbonyl (C=O) groups excluding carboxylic acids is 1. The first-order chi connectivity index (χ1) is 10.6. The molecule has 1 heterocycles. The van der Waals surface area contributed by atoms with Gasteiger partial charge in [-0.3, -0.25) is 4.79 Å². The quantitative estimate of drug-likeness (QED) is 0.820. The van der Waals surface area contributed by atoms with E-state index in [2.05, 4.69) is 30.2 Å². The summed E-state index contributed by atoms with van der Waals surface area (Å²) in [4.78, 5) is 16.1. The Kier molecular flexibility index (Phi) is 5.72. The van der Waals surface area contributed by atoms with Crippen LogP contribution in [0.1, 0.15) is 31.4 Å². The summed E-state index contributed by atoms with van der Waals surface area (Å²) in [6.07, 6.45) is 6.17. The average molecular weight is 300 g/mol. The van der Waals surface area contributed by atoms with Gasteiger partial charge in [-0.2, -0.15) is 0 Å². The molecule has 1 atom stereocenters. The molecule has 0 fully saturated rings. The summed E-state index contributed by atoms with van der Waals surface area (Å²) in [6, 6.07) is 7.63. The van der Waals surface area contributed by atoms with E-state index in [0.717, 1.165) is 12.1 Å². The Morgan fingerprint density at radius 2 is 2.05 bits per heavy atom. The largest absolute Gasteiger partial charge is 0.351 e. The van der Waals surface area contributed by atoms with E-state index in [1.165, 1.54) is 5.56 Å². The first kappa shape index (κ1) is 16.2. The van der Waals surface area contributed by atoms with Crippen molar-refractivity contribution in [3.05, 3.63) is 54.1 Å². The Bertz CT molecular complexity index is 592. The highest BCUT2D eigenvalue weighted by atomic mass is 16.2. The minimum Gasteiger partial charge on any atom is -0.351 e. The lowest BCUT2D eigenvalue weighted by Gasteiger charge is -2.15. The van der Waals surface area contributed by atoms with Crippen LogP contribution in [0.3, 0.4) is 0 Å². The standard InChI is InChI=1S/C17H24N4O/c1-13(2)9-16(18)17(22)20-10-14-5-3-4-6-15(14)11-21-8-7-19-12-21/h3-8,12-13,16H,9-11,18H2,1-2H3,(H,20,22)/t16-/m0/s1. The first-order valence-corrected chi connectivity index (χ1v) is 7.62. The van der Waals surface area contributed by atoms with Crippen molar-refractivity contribution in [2.75, 3.05) is 0 Å². The molecule has 0 saturated heterocycles. The van der Waals surface area contributed by atoms with E-state index in [9.17, 15) is 4.79 Å². The number of rotatable bonds is 7. The fourth-order valence-corrected chi connectivity index (χ4v) is 2.39. The number of nitrogens with two attached hydrogens (primary N) is 1. The van der Waals surface area contributed by atoms with Crippen LogP contribution in [0, 0.1) is 5.92 Å². The molecule has 0 bridgehead atoms. The molecule has 1 amide bonds. The molecule has 0 aliphatic carbocycles. The lowest BCUT2D eigenvalue weighted by molar-refractivity contribution is -0.122. The second kappa shape index (κ2) is 7.75. The third-order valence-electron chi connectivity index (χ3n) is 3.55. The van der Waals surface area contributed by atoms with Crippen molar-refractivity contribution >= 4 is 5.91 Å². The third kappa shape index (κ3) is 4.70. The Morgan fingerprint density at radius 3 is 2.68 bits per heavy atom. The predicted molar refractivity (Wildman–Crippen MR) is 87.0 cm³/mol. The van der Waals surface area contributed by atoms with Crippen molar-refractivity contribution in [3.63, 3.8) is 0 Å². The van der Waals surface area contributed by atoms with Gasteiger partial charge in [0.15, 0.2) is 0 Å². The lowest BCUT2D eigenvalue weighted by atomic mass is 10.0. The molecule has 0 spiro atoms. The zero-order chi connectivity index (χ0) is 15.9. The van der Waals surface area contributed by atoms with Gasteiger partial charge in [0, 0.05) is 25.5 Å². The average Bonchev–Trinajstić information content (AvgIpc) is 2.98. The van der Waals surface area contributed by atoms with Crippen LogP contribution < -0.4 is 11.1 Å². The molecule has 2 rings (SSSR count). The zero-order valence-electron chi connectivity index (χ0n) is 13.2. The molecule has 1 aromatic heterocycles. The van der Waals surface area contributed by atoms with Gasteiger partial charge in [0.05, 0.1) is 12.4 Å². The fraction of sp³-hybridized carbons (Fsp3) is 0.412. The second-order valence-electron chi connectivity index (χ2n) is 5.96. The zero-order valence-corrected chi connectivity index (χ0v) is 13.2. The van der Waals surface area contributed by atoms with Gasteiger partial charge in [-0.05, 0) is 23.5 Å². The summed E-state index contributed by atoms with van der Waals surface area (Å²) >= 11 is 0. The van der Waals surface area contributed by atoms with Crippen molar-refractivity contribution in [1.82, 2.24) is 14.9 Å². The molecule has 0 saturated carbocycles. The molecular formula is C17H24N4O. The van der Waals surface area contributed by atoms with E-state index in [1.54, 1.807) is 12.5 Å². The highest BCUT2D eigenvalue weighted by molar-refractivity contribution is 5.81. The number of aromatic nitrogens is 2. The maximum absolute atomic E-state index is 12.0. The Hall–Kier alpha value is -2.14. The van der Waals surface area contributed by atoms with E-state index in [4.69, 9.17) is 5.73 Å². The topological polar surface area (TPSA) is 72.9 Å². The minimum atomic E-state index is -0.444. The Labute approximate surface area is 131 Å². The highest BCUT2D eigenvalue weighted by Crippen LogP contribution is 2.11. The van der Waals surface area contributed by atoms with Crippen LogP contribution in [0.5, 0.6) is 0 Å². The number of nitrogens with one attached hydrogen (secondary N) is 1. The van der Waals surface area contributed by atoms with Gasteiger partial charge >= 0.3 is 0 Å². The van der Waals surface area contributed by atoms with Gasteiger partial charge in [0.2, 0.25) is 5.91 Å². The SMILES string of the molecule is CC(C)C[C@H](N)C(=O)NCc1ccccc1Cn1ccnc1. The monoisotopic (exact) mass is 300 g/mol. The van der Waals surface area contributed by atoms with Crippen LogP contribution in [0.2, 0.25) is 0 Å². The normalized spacial score (nSPS) is 12.4. The number of imidazole rings is 1. The Balaban J connectivity index is 1.96.